The third-order valence-electron chi connectivity index (χ3n) is 7.13. The number of aryl methyl sites for hydroxylation is 2. The van der Waals surface area contributed by atoms with Crippen molar-refractivity contribution in [2.24, 2.45) is 0 Å². The molecule has 0 amide bonds. The Morgan fingerprint density at radius 2 is 1.97 bits per heavy atom. The largest absolute Gasteiger partial charge is 0.383 e. The van der Waals surface area contributed by atoms with Gasteiger partial charge in [-0.3, -0.25) is 4.84 Å². The molecule has 2 saturated heterocycles. The van der Waals surface area contributed by atoms with Crippen LogP contribution >= 0.6 is 0 Å². The molecule has 9 heteroatoms. The molecule has 2 aromatic heterocycles. The Morgan fingerprint density at radius 1 is 1.18 bits per heavy atom. The van der Waals surface area contributed by atoms with Gasteiger partial charge in [0.05, 0.1) is 12.0 Å². The molecular weight excluding hydrogens is 436 g/mol. The maximum absolute atomic E-state index is 11.8. The van der Waals surface area contributed by atoms with Gasteiger partial charge in [-0.2, -0.15) is 0 Å². The summed E-state index contributed by atoms with van der Waals surface area (Å²) in [5.74, 6) is -0.221. The van der Waals surface area contributed by atoms with Gasteiger partial charge in [-0.1, -0.05) is 18.2 Å². The number of aliphatic hydroxyl groups is 1. The Labute approximate surface area is 198 Å². The zero-order valence-corrected chi connectivity index (χ0v) is 19.8. The Morgan fingerprint density at radius 3 is 2.71 bits per heavy atom. The van der Waals surface area contributed by atoms with E-state index in [1.54, 1.807) is 6.92 Å². The highest BCUT2D eigenvalue weighted by molar-refractivity contribution is 5.87. The minimum atomic E-state index is -1.27. The van der Waals surface area contributed by atoms with Crippen LogP contribution in [0, 0.1) is 0 Å². The third kappa shape index (κ3) is 3.34. The van der Waals surface area contributed by atoms with Gasteiger partial charge in [-0.25, -0.2) is 15.4 Å². The summed E-state index contributed by atoms with van der Waals surface area (Å²) in [5.41, 5.74) is 5.73. The van der Waals surface area contributed by atoms with E-state index in [1.807, 2.05) is 43.7 Å². The number of ether oxygens (including phenoxy) is 3. The molecule has 6 rings (SSSR count). The van der Waals surface area contributed by atoms with Gasteiger partial charge in [0.2, 0.25) is 0 Å². The molecule has 0 bridgehead atoms. The SMILES string of the molecule is CCONc1ncnc2c1ccn2[C@@H]1O[C@@H]([C@](C)(O)c2ccc3c(c2)CC3)[C@H]2OC(C)(C)O[C@H]21. The Bertz CT molecular complexity index is 1240. The van der Waals surface area contributed by atoms with Crippen LogP contribution in [-0.4, -0.2) is 50.3 Å². The third-order valence-corrected chi connectivity index (χ3v) is 7.13. The Balaban J connectivity index is 1.38. The first-order valence-corrected chi connectivity index (χ1v) is 11.8. The van der Waals surface area contributed by atoms with E-state index < -0.39 is 35.9 Å². The molecule has 0 spiro atoms. The van der Waals surface area contributed by atoms with Crippen LogP contribution < -0.4 is 5.48 Å². The molecule has 2 aliphatic heterocycles. The van der Waals surface area contributed by atoms with Crippen molar-refractivity contribution in [3.05, 3.63) is 53.5 Å². The summed E-state index contributed by atoms with van der Waals surface area (Å²) in [7, 11) is 0. The second kappa shape index (κ2) is 7.73. The van der Waals surface area contributed by atoms with Crippen LogP contribution in [0.5, 0.6) is 0 Å². The second-order valence-corrected chi connectivity index (χ2v) is 9.86. The summed E-state index contributed by atoms with van der Waals surface area (Å²) in [6.07, 6.45) is 3.46. The summed E-state index contributed by atoms with van der Waals surface area (Å²) in [6.45, 7) is 7.97. The lowest BCUT2D eigenvalue weighted by Gasteiger charge is -2.35. The fourth-order valence-corrected chi connectivity index (χ4v) is 5.33. The maximum atomic E-state index is 11.8. The number of fused-ring (bicyclic) bond motifs is 3. The molecule has 0 unspecified atom stereocenters. The highest BCUT2D eigenvalue weighted by Crippen LogP contribution is 2.49. The molecule has 0 radical (unpaired) electrons. The molecule has 1 aliphatic carbocycles. The number of hydrogen-bond acceptors (Lipinski definition) is 8. The molecule has 1 aromatic carbocycles. The van der Waals surface area contributed by atoms with E-state index in [1.165, 1.54) is 17.5 Å². The van der Waals surface area contributed by atoms with E-state index in [2.05, 4.69) is 27.6 Å². The standard InChI is InChI=1S/C25H30N4O5/c1-5-31-28-21-17-10-11-29(22(17)27-13-26-21)23-19-18(33-24(2,3)34-19)20(32-23)25(4,30)16-9-8-14-6-7-15(14)12-16/h8-13,18-20,23,30H,5-7H2,1-4H3,(H,26,27,28)/t18-,19+,20+,23+,25+/m0/s1. The number of aromatic nitrogens is 3. The van der Waals surface area contributed by atoms with Gasteiger partial charge >= 0.3 is 0 Å². The van der Waals surface area contributed by atoms with Crippen molar-refractivity contribution in [2.45, 2.75) is 76.5 Å². The summed E-state index contributed by atoms with van der Waals surface area (Å²) in [4.78, 5) is 14.1. The minimum absolute atomic E-state index is 0.424. The van der Waals surface area contributed by atoms with E-state index in [0.29, 0.717) is 18.1 Å². The highest BCUT2D eigenvalue weighted by atomic mass is 16.8. The fraction of sp³-hybridized carbons (Fsp3) is 0.520. The van der Waals surface area contributed by atoms with E-state index in [4.69, 9.17) is 19.0 Å². The maximum Gasteiger partial charge on any atom is 0.164 e. The molecule has 34 heavy (non-hydrogen) atoms. The van der Waals surface area contributed by atoms with Gasteiger partial charge in [0.1, 0.15) is 35.9 Å². The number of nitrogens with zero attached hydrogens (tertiary/aromatic N) is 3. The summed E-state index contributed by atoms with van der Waals surface area (Å²) < 4.78 is 21.1. The molecular formula is C25H30N4O5. The highest BCUT2D eigenvalue weighted by Gasteiger charge is 2.60. The van der Waals surface area contributed by atoms with Crippen molar-refractivity contribution in [1.29, 1.82) is 0 Å². The molecule has 5 atom stereocenters. The van der Waals surface area contributed by atoms with E-state index in [9.17, 15) is 5.11 Å². The average molecular weight is 467 g/mol. The quantitative estimate of drug-likeness (QED) is 0.534. The van der Waals surface area contributed by atoms with Gasteiger partial charge in [0.25, 0.3) is 0 Å². The van der Waals surface area contributed by atoms with Crippen LogP contribution in [0.4, 0.5) is 5.82 Å². The zero-order valence-electron chi connectivity index (χ0n) is 19.8. The van der Waals surface area contributed by atoms with Crippen LogP contribution in [0.25, 0.3) is 11.0 Å². The molecule has 3 aromatic rings. The van der Waals surface area contributed by atoms with Gasteiger partial charge < -0.3 is 23.9 Å². The van der Waals surface area contributed by atoms with Gasteiger partial charge in [-0.05, 0) is 63.3 Å². The first-order chi connectivity index (χ1) is 16.3. The average Bonchev–Trinajstić information content (AvgIpc) is 3.43. The van der Waals surface area contributed by atoms with Crippen LogP contribution in [0.2, 0.25) is 0 Å². The molecule has 4 heterocycles. The van der Waals surface area contributed by atoms with Crippen molar-refractivity contribution in [2.75, 3.05) is 12.1 Å². The second-order valence-electron chi connectivity index (χ2n) is 9.86. The van der Waals surface area contributed by atoms with E-state index >= 15 is 0 Å². The minimum Gasteiger partial charge on any atom is -0.383 e. The van der Waals surface area contributed by atoms with Crippen LogP contribution in [0.3, 0.4) is 0 Å². The van der Waals surface area contributed by atoms with Crippen LogP contribution in [0.15, 0.2) is 36.8 Å². The molecule has 9 nitrogen and oxygen atoms in total. The van der Waals surface area contributed by atoms with Crippen LogP contribution in [0.1, 0.15) is 50.6 Å². The first kappa shape index (κ1) is 21.9. The van der Waals surface area contributed by atoms with Crippen molar-refractivity contribution in [3.8, 4) is 0 Å². The van der Waals surface area contributed by atoms with Gasteiger partial charge in [0.15, 0.2) is 17.8 Å². The monoisotopic (exact) mass is 466 g/mol. The Hall–Kier alpha value is -2.56. The smallest absolute Gasteiger partial charge is 0.164 e. The fourth-order valence-electron chi connectivity index (χ4n) is 5.33. The summed E-state index contributed by atoms with van der Waals surface area (Å²) in [6, 6.07) is 8.11. The lowest BCUT2D eigenvalue weighted by molar-refractivity contribution is -0.221. The van der Waals surface area contributed by atoms with E-state index in [-0.39, 0.29) is 0 Å². The number of nitrogens with one attached hydrogen (secondary N) is 1. The van der Waals surface area contributed by atoms with Crippen LogP contribution in [-0.2, 0) is 37.5 Å². The number of rotatable bonds is 6. The molecule has 180 valence electrons. The number of anilines is 1. The van der Waals surface area contributed by atoms with Crippen molar-refractivity contribution >= 4 is 16.9 Å². The molecule has 2 fully saturated rings. The normalized spacial score (nSPS) is 28.9. The number of hydrogen-bond donors (Lipinski definition) is 2. The topological polar surface area (TPSA) is 99.9 Å². The lowest BCUT2D eigenvalue weighted by atomic mass is 9.81. The zero-order chi connectivity index (χ0) is 23.7. The van der Waals surface area contributed by atoms with Crippen molar-refractivity contribution < 1.29 is 24.2 Å². The predicted molar refractivity (Wildman–Crippen MR) is 124 cm³/mol. The molecule has 3 aliphatic rings. The molecule has 2 N–H and O–H groups in total. The molecule has 0 saturated carbocycles. The summed E-state index contributed by atoms with van der Waals surface area (Å²) in [5, 5.41) is 12.6. The van der Waals surface area contributed by atoms with E-state index in [0.717, 1.165) is 23.8 Å². The Kier molecular flexibility index (Phi) is 4.98. The summed E-state index contributed by atoms with van der Waals surface area (Å²) >= 11 is 0. The van der Waals surface area contributed by atoms with Gasteiger partial charge in [-0.15, -0.1) is 0 Å². The van der Waals surface area contributed by atoms with Gasteiger partial charge in [0, 0.05) is 6.20 Å². The predicted octanol–water partition coefficient (Wildman–Crippen LogP) is 3.22. The van der Waals surface area contributed by atoms with Crippen molar-refractivity contribution in [3.63, 3.8) is 0 Å². The first-order valence-electron chi connectivity index (χ1n) is 11.8. The number of benzene rings is 1. The lowest BCUT2D eigenvalue weighted by Crippen LogP contribution is -2.45. The van der Waals surface area contributed by atoms with Crippen molar-refractivity contribution in [1.82, 2.24) is 14.5 Å².